The van der Waals surface area contributed by atoms with Crippen LogP contribution in [0.15, 0.2) is 24.5 Å². The lowest BCUT2D eigenvalue weighted by Gasteiger charge is -2.35. The van der Waals surface area contributed by atoms with Gasteiger partial charge >= 0.3 is 0 Å². The normalized spacial score (nSPS) is 17.4. The van der Waals surface area contributed by atoms with Crippen LogP contribution in [0.5, 0.6) is 0 Å². The molecule has 28 heavy (non-hydrogen) atoms. The van der Waals surface area contributed by atoms with Crippen LogP contribution >= 0.6 is 0 Å². The Hall–Kier alpha value is -2.90. The molecule has 0 N–H and O–H groups in total. The Kier molecular flexibility index (Phi) is 4.07. The van der Waals surface area contributed by atoms with Gasteiger partial charge in [-0.3, -0.25) is 0 Å². The van der Waals surface area contributed by atoms with Crippen LogP contribution in [0.25, 0.3) is 5.52 Å². The van der Waals surface area contributed by atoms with Crippen molar-refractivity contribution in [1.82, 2.24) is 24.6 Å². The molecule has 8 nitrogen and oxygen atoms in total. The van der Waals surface area contributed by atoms with Gasteiger partial charge in [0.25, 0.3) is 0 Å². The molecular formula is C20H26N8. The third-order valence-electron chi connectivity index (χ3n) is 5.53. The van der Waals surface area contributed by atoms with Gasteiger partial charge in [0.1, 0.15) is 11.3 Å². The van der Waals surface area contributed by atoms with E-state index in [1.165, 1.54) is 18.5 Å². The lowest BCUT2D eigenvalue weighted by atomic mass is 10.2. The van der Waals surface area contributed by atoms with Gasteiger partial charge in [0.2, 0.25) is 5.95 Å². The third kappa shape index (κ3) is 3.12. The summed E-state index contributed by atoms with van der Waals surface area (Å²) in [5.74, 6) is 3.44. The molecule has 1 aliphatic heterocycles. The number of hydrogen-bond acceptors (Lipinski definition) is 7. The Bertz CT molecular complexity index is 999. The second-order valence-electron chi connectivity index (χ2n) is 7.96. The van der Waals surface area contributed by atoms with Gasteiger partial charge in [-0.1, -0.05) is 0 Å². The van der Waals surface area contributed by atoms with Crippen LogP contribution in [-0.4, -0.2) is 64.8 Å². The summed E-state index contributed by atoms with van der Waals surface area (Å²) in [6.45, 7) is 5.57. The van der Waals surface area contributed by atoms with Crippen molar-refractivity contribution in [1.29, 1.82) is 0 Å². The number of aryl methyl sites for hydroxylation is 1. The molecule has 4 heterocycles. The highest BCUT2D eigenvalue weighted by Gasteiger charge is 2.28. The highest BCUT2D eigenvalue weighted by atomic mass is 15.4. The Morgan fingerprint density at radius 2 is 1.75 bits per heavy atom. The quantitative estimate of drug-likeness (QED) is 0.689. The second-order valence-corrected chi connectivity index (χ2v) is 7.96. The molecular weight excluding hydrogens is 352 g/mol. The van der Waals surface area contributed by atoms with Crippen molar-refractivity contribution in [3.63, 3.8) is 0 Å². The summed E-state index contributed by atoms with van der Waals surface area (Å²) in [4.78, 5) is 20.7. The molecule has 1 aliphatic carbocycles. The molecule has 1 saturated carbocycles. The van der Waals surface area contributed by atoms with Gasteiger partial charge in [-0.05, 0) is 25.8 Å². The van der Waals surface area contributed by atoms with Crippen LogP contribution in [0.4, 0.5) is 17.6 Å². The van der Waals surface area contributed by atoms with Gasteiger partial charge in [0.05, 0.1) is 5.69 Å². The van der Waals surface area contributed by atoms with E-state index in [0.29, 0.717) is 5.92 Å². The molecule has 0 unspecified atom stereocenters. The first-order valence-corrected chi connectivity index (χ1v) is 9.96. The molecule has 0 radical (unpaired) electrons. The molecule has 8 heteroatoms. The molecule has 0 bridgehead atoms. The first-order valence-electron chi connectivity index (χ1n) is 9.96. The Balaban J connectivity index is 1.36. The van der Waals surface area contributed by atoms with E-state index in [-0.39, 0.29) is 0 Å². The van der Waals surface area contributed by atoms with Crippen LogP contribution in [0, 0.1) is 6.92 Å². The first-order chi connectivity index (χ1) is 13.6. The van der Waals surface area contributed by atoms with Gasteiger partial charge in [-0.25, -0.2) is 14.5 Å². The van der Waals surface area contributed by atoms with E-state index in [9.17, 15) is 0 Å². The largest absolute Gasteiger partial charge is 0.363 e. The van der Waals surface area contributed by atoms with Gasteiger partial charge < -0.3 is 14.7 Å². The average molecular weight is 378 g/mol. The number of anilines is 3. The summed E-state index contributed by atoms with van der Waals surface area (Å²) < 4.78 is 1.98. The molecule has 2 aliphatic rings. The summed E-state index contributed by atoms with van der Waals surface area (Å²) in [6.07, 6.45) is 6.32. The SMILES string of the molecule is Cc1cc(N(C)C)nc(N2CCN(c3nccn4nc(C5CC5)cc34)CC2)n1. The fraction of sp³-hybridized carbons (Fsp3) is 0.500. The maximum atomic E-state index is 4.74. The van der Waals surface area contributed by atoms with E-state index in [1.54, 1.807) is 0 Å². The maximum Gasteiger partial charge on any atom is 0.227 e. The smallest absolute Gasteiger partial charge is 0.227 e. The van der Waals surface area contributed by atoms with Crippen molar-refractivity contribution in [2.45, 2.75) is 25.7 Å². The monoisotopic (exact) mass is 378 g/mol. The Labute approximate surface area is 164 Å². The molecule has 1 saturated heterocycles. The van der Waals surface area contributed by atoms with E-state index in [1.807, 2.05) is 48.9 Å². The zero-order chi connectivity index (χ0) is 19.3. The zero-order valence-electron chi connectivity index (χ0n) is 16.7. The minimum atomic E-state index is 0.647. The summed E-state index contributed by atoms with van der Waals surface area (Å²) in [5.41, 5.74) is 3.31. The molecule has 0 amide bonds. The molecule has 3 aromatic rings. The number of hydrogen-bond donors (Lipinski definition) is 0. The van der Waals surface area contributed by atoms with Crippen molar-refractivity contribution in [2.24, 2.45) is 0 Å². The lowest BCUT2D eigenvalue weighted by Crippen LogP contribution is -2.47. The lowest BCUT2D eigenvalue weighted by molar-refractivity contribution is 0.633. The summed E-state index contributed by atoms with van der Waals surface area (Å²) in [6, 6.07) is 4.24. The van der Waals surface area contributed by atoms with Crippen LogP contribution in [-0.2, 0) is 0 Å². The van der Waals surface area contributed by atoms with Crippen LogP contribution < -0.4 is 14.7 Å². The van der Waals surface area contributed by atoms with E-state index >= 15 is 0 Å². The van der Waals surface area contributed by atoms with Crippen molar-refractivity contribution < 1.29 is 0 Å². The Morgan fingerprint density at radius 1 is 1.00 bits per heavy atom. The summed E-state index contributed by atoms with van der Waals surface area (Å²) >= 11 is 0. The van der Waals surface area contributed by atoms with Crippen LogP contribution in [0.2, 0.25) is 0 Å². The van der Waals surface area contributed by atoms with Gasteiger partial charge in [0.15, 0.2) is 5.82 Å². The molecule has 3 aromatic heterocycles. The summed E-state index contributed by atoms with van der Waals surface area (Å²) in [5, 5.41) is 4.74. The van der Waals surface area contributed by atoms with Crippen molar-refractivity contribution in [3.8, 4) is 0 Å². The van der Waals surface area contributed by atoms with Gasteiger partial charge in [-0.2, -0.15) is 10.1 Å². The Morgan fingerprint density at radius 3 is 2.46 bits per heavy atom. The zero-order valence-corrected chi connectivity index (χ0v) is 16.7. The number of fused-ring (bicyclic) bond motifs is 1. The molecule has 0 spiro atoms. The highest BCUT2D eigenvalue weighted by Crippen LogP contribution is 2.40. The molecule has 2 fully saturated rings. The van der Waals surface area contributed by atoms with E-state index in [2.05, 4.69) is 25.8 Å². The fourth-order valence-corrected chi connectivity index (χ4v) is 3.77. The highest BCUT2D eigenvalue weighted by molar-refractivity contribution is 5.70. The number of rotatable bonds is 4. The minimum Gasteiger partial charge on any atom is -0.363 e. The van der Waals surface area contributed by atoms with Crippen LogP contribution in [0.1, 0.15) is 30.1 Å². The second kappa shape index (κ2) is 6.61. The topological polar surface area (TPSA) is 65.7 Å². The average Bonchev–Trinajstić information content (AvgIpc) is 3.46. The maximum absolute atomic E-state index is 4.74. The van der Waals surface area contributed by atoms with Crippen molar-refractivity contribution in [3.05, 3.63) is 35.9 Å². The van der Waals surface area contributed by atoms with Gasteiger partial charge in [0, 0.05) is 70.3 Å². The van der Waals surface area contributed by atoms with Crippen molar-refractivity contribution in [2.75, 3.05) is 55.0 Å². The number of piperazine rings is 1. The number of nitrogens with zero attached hydrogens (tertiary/aromatic N) is 8. The van der Waals surface area contributed by atoms with E-state index in [4.69, 9.17) is 10.1 Å². The number of aromatic nitrogens is 5. The minimum absolute atomic E-state index is 0.647. The van der Waals surface area contributed by atoms with E-state index in [0.717, 1.165) is 55.0 Å². The van der Waals surface area contributed by atoms with E-state index < -0.39 is 0 Å². The first kappa shape index (κ1) is 17.2. The molecule has 0 aromatic carbocycles. The predicted molar refractivity (Wildman–Crippen MR) is 110 cm³/mol. The summed E-state index contributed by atoms with van der Waals surface area (Å²) in [7, 11) is 4.02. The molecule has 5 rings (SSSR count). The molecule has 146 valence electrons. The fourth-order valence-electron chi connectivity index (χ4n) is 3.77. The standard InChI is InChI=1S/C20H26N8/c1-14-12-18(25(2)3)23-20(22-14)27-10-8-26(9-11-27)19-17-13-16(15-4-5-15)24-28(17)7-6-21-19/h6-7,12-13,15H,4-5,8-11H2,1-3H3. The third-order valence-corrected chi connectivity index (χ3v) is 5.53. The molecule has 0 atom stereocenters. The predicted octanol–water partition coefficient (Wildman–Crippen LogP) is 2.10. The van der Waals surface area contributed by atoms with Crippen molar-refractivity contribution >= 4 is 23.1 Å². The van der Waals surface area contributed by atoms with Gasteiger partial charge in [-0.15, -0.1) is 0 Å². The van der Waals surface area contributed by atoms with Crippen LogP contribution in [0.3, 0.4) is 0 Å².